The van der Waals surface area contributed by atoms with Gasteiger partial charge in [0.15, 0.2) is 0 Å². The van der Waals surface area contributed by atoms with Gasteiger partial charge in [0.25, 0.3) is 5.91 Å². The molecule has 0 saturated carbocycles. The van der Waals surface area contributed by atoms with Crippen molar-refractivity contribution in [2.75, 3.05) is 13.2 Å². The fraction of sp³-hybridized carbons (Fsp3) is 0.538. The van der Waals surface area contributed by atoms with Crippen molar-refractivity contribution in [2.45, 2.75) is 25.8 Å². The fourth-order valence-electron chi connectivity index (χ4n) is 2.16. The number of rotatable bonds is 3. The second kappa shape index (κ2) is 6.29. The Morgan fingerprint density at radius 2 is 2.22 bits per heavy atom. The molecule has 2 rings (SSSR count). The molecule has 0 bridgehead atoms. The van der Waals surface area contributed by atoms with Crippen molar-refractivity contribution < 1.29 is 9.53 Å². The maximum Gasteiger partial charge on any atom is 0.253 e. The van der Waals surface area contributed by atoms with E-state index in [0.717, 1.165) is 30.5 Å². The molecule has 1 unspecified atom stereocenters. The summed E-state index contributed by atoms with van der Waals surface area (Å²) in [6, 6.07) is 1.94. The third-order valence-corrected chi connectivity index (χ3v) is 3.73. The minimum absolute atomic E-state index is 0.0669. The van der Waals surface area contributed by atoms with E-state index in [0.29, 0.717) is 11.5 Å². The van der Waals surface area contributed by atoms with Crippen molar-refractivity contribution in [1.29, 1.82) is 0 Å². The lowest BCUT2D eigenvalue weighted by molar-refractivity contribution is 0.0538. The summed E-state index contributed by atoms with van der Waals surface area (Å²) < 4.78 is 6.14. The normalized spacial score (nSPS) is 18.3. The Morgan fingerprint density at radius 3 is 2.89 bits per heavy atom. The van der Waals surface area contributed by atoms with Crippen molar-refractivity contribution in [3.63, 3.8) is 0 Å². The van der Waals surface area contributed by atoms with Gasteiger partial charge < -0.3 is 10.1 Å². The van der Waals surface area contributed by atoms with Crippen molar-refractivity contribution in [3.8, 4) is 0 Å². The number of pyridine rings is 1. The van der Waals surface area contributed by atoms with Gasteiger partial charge in [-0.1, -0.05) is 0 Å². The first-order valence-corrected chi connectivity index (χ1v) is 6.95. The molecule has 5 heteroatoms. The molecule has 1 amide bonds. The van der Waals surface area contributed by atoms with E-state index in [4.69, 9.17) is 4.74 Å². The van der Waals surface area contributed by atoms with Crippen molar-refractivity contribution in [3.05, 3.63) is 28.5 Å². The van der Waals surface area contributed by atoms with Crippen LogP contribution in [0.4, 0.5) is 0 Å². The Kier molecular flexibility index (Phi) is 4.72. The molecule has 1 fully saturated rings. The summed E-state index contributed by atoms with van der Waals surface area (Å²) in [5.74, 6) is 0.436. The molecule has 1 saturated heterocycles. The summed E-state index contributed by atoms with van der Waals surface area (Å²) in [6.07, 6.45) is 5.27. The number of carbonyl (C=O) groups excluding carboxylic acids is 1. The van der Waals surface area contributed by atoms with Gasteiger partial charge in [-0.25, -0.2) is 0 Å². The number of nitrogens with one attached hydrogen (secondary N) is 1. The monoisotopic (exact) mass is 312 g/mol. The van der Waals surface area contributed by atoms with Gasteiger partial charge in [-0.05, 0) is 47.7 Å². The van der Waals surface area contributed by atoms with E-state index in [2.05, 4.69) is 33.2 Å². The molecule has 0 radical (unpaired) electrons. The second-order valence-corrected chi connectivity index (χ2v) is 5.52. The molecule has 1 aromatic rings. The highest BCUT2D eigenvalue weighted by atomic mass is 79.9. The van der Waals surface area contributed by atoms with Gasteiger partial charge in [0, 0.05) is 36.1 Å². The summed E-state index contributed by atoms with van der Waals surface area (Å²) in [5.41, 5.74) is 0.586. The van der Waals surface area contributed by atoms with E-state index in [1.165, 1.54) is 0 Å². The molecular weight excluding hydrogens is 296 g/mol. The topological polar surface area (TPSA) is 51.2 Å². The van der Waals surface area contributed by atoms with E-state index in [1.807, 2.05) is 0 Å². The van der Waals surface area contributed by atoms with Crippen LogP contribution in [0.3, 0.4) is 0 Å². The van der Waals surface area contributed by atoms with Crippen LogP contribution in [0.15, 0.2) is 22.9 Å². The van der Waals surface area contributed by atoms with Gasteiger partial charge >= 0.3 is 0 Å². The minimum atomic E-state index is -0.0669. The third kappa shape index (κ3) is 3.53. The highest BCUT2D eigenvalue weighted by Gasteiger charge is 2.22. The van der Waals surface area contributed by atoms with Crippen LogP contribution in [0.25, 0.3) is 0 Å². The van der Waals surface area contributed by atoms with Crippen LogP contribution in [-0.2, 0) is 4.74 Å². The third-order valence-electron chi connectivity index (χ3n) is 3.30. The Hall–Kier alpha value is -0.940. The maximum absolute atomic E-state index is 12.0. The Bertz CT molecular complexity index is 419. The SMILES string of the molecule is CC(NC(=O)c1cncc(Br)c1)C1CCOCC1. The molecule has 2 heterocycles. The predicted octanol–water partition coefficient (Wildman–Crippen LogP) is 2.39. The number of amides is 1. The minimum Gasteiger partial charge on any atom is -0.381 e. The molecule has 1 aromatic heterocycles. The van der Waals surface area contributed by atoms with E-state index in [-0.39, 0.29) is 11.9 Å². The lowest BCUT2D eigenvalue weighted by Crippen LogP contribution is -2.40. The van der Waals surface area contributed by atoms with Crippen LogP contribution < -0.4 is 5.32 Å². The van der Waals surface area contributed by atoms with E-state index in [9.17, 15) is 4.79 Å². The molecule has 1 aliphatic rings. The summed E-state index contributed by atoms with van der Waals surface area (Å²) in [4.78, 5) is 16.0. The zero-order chi connectivity index (χ0) is 13.0. The molecule has 4 nitrogen and oxygen atoms in total. The highest BCUT2D eigenvalue weighted by molar-refractivity contribution is 9.10. The predicted molar refractivity (Wildman–Crippen MR) is 72.4 cm³/mol. The summed E-state index contributed by atoms with van der Waals surface area (Å²) in [5, 5.41) is 3.04. The summed E-state index contributed by atoms with van der Waals surface area (Å²) in [7, 11) is 0. The highest BCUT2D eigenvalue weighted by Crippen LogP contribution is 2.19. The average Bonchev–Trinajstić information content (AvgIpc) is 2.39. The van der Waals surface area contributed by atoms with Crippen LogP contribution in [-0.4, -0.2) is 30.1 Å². The molecule has 98 valence electrons. The first-order valence-electron chi connectivity index (χ1n) is 6.16. The van der Waals surface area contributed by atoms with Crippen LogP contribution in [0.5, 0.6) is 0 Å². The Morgan fingerprint density at radius 1 is 1.50 bits per heavy atom. The maximum atomic E-state index is 12.0. The van der Waals surface area contributed by atoms with Gasteiger partial charge in [-0.3, -0.25) is 9.78 Å². The molecule has 1 aliphatic heterocycles. The van der Waals surface area contributed by atoms with Crippen LogP contribution in [0, 0.1) is 5.92 Å². The molecule has 1 N–H and O–H groups in total. The Labute approximate surface area is 115 Å². The van der Waals surface area contributed by atoms with E-state index < -0.39 is 0 Å². The van der Waals surface area contributed by atoms with Crippen molar-refractivity contribution in [2.24, 2.45) is 5.92 Å². The second-order valence-electron chi connectivity index (χ2n) is 4.60. The summed E-state index contributed by atoms with van der Waals surface area (Å²) in [6.45, 7) is 3.64. The van der Waals surface area contributed by atoms with Crippen LogP contribution in [0.2, 0.25) is 0 Å². The molecule has 0 aliphatic carbocycles. The number of halogens is 1. The van der Waals surface area contributed by atoms with Crippen LogP contribution >= 0.6 is 15.9 Å². The van der Waals surface area contributed by atoms with Gasteiger partial charge in [0.1, 0.15) is 0 Å². The number of carbonyl (C=O) groups is 1. The van der Waals surface area contributed by atoms with Crippen molar-refractivity contribution in [1.82, 2.24) is 10.3 Å². The lowest BCUT2D eigenvalue weighted by Gasteiger charge is -2.28. The van der Waals surface area contributed by atoms with E-state index in [1.54, 1.807) is 18.5 Å². The van der Waals surface area contributed by atoms with Crippen molar-refractivity contribution >= 4 is 21.8 Å². The van der Waals surface area contributed by atoms with Gasteiger partial charge in [-0.15, -0.1) is 0 Å². The molecule has 0 spiro atoms. The molecular formula is C13H17BrN2O2. The quantitative estimate of drug-likeness (QED) is 0.932. The lowest BCUT2D eigenvalue weighted by atomic mass is 9.93. The number of hydrogen-bond acceptors (Lipinski definition) is 3. The van der Waals surface area contributed by atoms with Crippen LogP contribution in [0.1, 0.15) is 30.1 Å². The smallest absolute Gasteiger partial charge is 0.253 e. The first kappa shape index (κ1) is 13.5. The zero-order valence-corrected chi connectivity index (χ0v) is 11.9. The number of nitrogens with zero attached hydrogens (tertiary/aromatic N) is 1. The van der Waals surface area contributed by atoms with E-state index >= 15 is 0 Å². The zero-order valence-electron chi connectivity index (χ0n) is 10.4. The summed E-state index contributed by atoms with van der Waals surface area (Å²) >= 11 is 3.31. The largest absolute Gasteiger partial charge is 0.381 e. The standard InChI is InChI=1S/C13H17BrN2O2/c1-9(10-2-4-18-5-3-10)16-13(17)11-6-12(14)8-15-7-11/h6-10H,2-5H2,1H3,(H,16,17). The molecule has 0 aromatic carbocycles. The number of ether oxygens (including phenoxy) is 1. The average molecular weight is 313 g/mol. The number of aromatic nitrogens is 1. The molecule has 1 atom stereocenters. The van der Waals surface area contributed by atoms with Gasteiger partial charge in [0.05, 0.1) is 5.56 Å². The molecule has 18 heavy (non-hydrogen) atoms. The number of hydrogen-bond donors (Lipinski definition) is 1. The first-order chi connectivity index (χ1) is 8.66. The van der Waals surface area contributed by atoms with Gasteiger partial charge in [-0.2, -0.15) is 0 Å². The Balaban J connectivity index is 1.94. The van der Waals surface area contributed by atoms with Gasteiger partial charge in [0.2, 0.25) is 0 Å². The fourth-order valence-corrected chi connectivity index (χ4v) is 2.52.